The third-order valence-corrected chi connectivity index (χ3v) is 5.74. The largest absolute Gasteiger partial charge is 0.622 e. The lowest BCUT2D eigenvalue weighted by atomic mass is 10.2. The molecule has 124 valence electrons. The molecule has 0 spiro atoms. The summed E-state index contributed by atoms with van der Waals surface area (Å²) >= 11 is 2.77. The Hall–Kier alpha value is -1.39. The summed E-state index contributed by atoms with van der Waals surface area (Å²) < 4.78 is 4.73. The summed E-state index contributed by atoms with van der Waals surface area (Å²) in [7, 11) is 1.83. The third-order valence-electron chi connectivity index (χ3n) is 3.76. The highest BCUT2D eigenvalue weighted by Gasteiger charge is 2.45. The molecule has 1 aliphatic heterocycles. The van der Waals surface area contributed by atoms with Crippen molar-refractivity contribution in [2.75, 3.05) is 20.3 Å². The first kappa shape index (κ1) is 16.5. The van der Waals surface area contributed by atoms with Gasteiger partial charge in [0.2, 0.25) is 0 Å². The molecular formula is C14H18N4O3S2. The third kappa shape index (κ3) is 3.29. The average Bonchev–Trinajstić information content (AvgIpc) is 3.13. The zero-order valence-electron chi connectivity index (χ0n) is 13.2. The van der Waals surface area contributed by atoms with Gasteiger partial charge >= 0.3 is 11.1 Å². The summed E-state index contributed by atoms with van der Waals surface area (Å²) in [6.07, 6.45) is -0.612. The molecule has 9 heteroatoms. The molecule has 2 unspecified atom stereocenters. The minimum Gasteiger partial charge on any atom is -0.622 e. The number of carbonyl (C=O) groups excluding carboxylic acids is 1. The molecule has 0 saturated carbocycles. The number of hydrogen-bond donors (Lipinski definition) is 0. The van der Waals surface area contributed by atoms with E-state index in [1.807, 2.05) is 30.3 Å². The normalized spacial score (nSPS) is 25.0. The van der Waals surface area contributed by atoms with Crippen molar-refractivity contribution >= 4 is 33.8 Å². The zero-order valence-corrected chi connectivity index (χ0v) is 14.8. The number of likely N-dealkylation sites (N-methyl/N-ethyl adjacent to an activating group) is 1. The number of carbonyl (C=O) groups is 1. The maximum atomic E-state index is 13.2. The van der Waals surface area contributed by atoms with Gasteiger partial charge in [-0.1, -0.05) is 5.10 Å². The summed E-state index contributed by atoms with van der Waals surface area (Å²) in [6, 6.07) is 1.97. The Bertz CT molecular complexity index is 716. The number of ether oxygens (including phenoxy) is 1. The predicted molar refractivity (Wildman–Crippen MR) is 89.9 cm³/mol. The molecule has 1 fully saturated rings. The van der Waals surface area contributed by atoms with Crippen LogP contribution in [0.4, 0.5) is 5.13 Å². The van der Waals surface area contributed by atoms with Gasteiger partial charge in [0.15, 0.2) is 0 Å². The van der Waals surface area contributed by atoms with Crippen LogP contribution in [0.5, 0.6) is 0 Å². The van der Waals surface area contributed by atoms with Crippen LogP contribution in [0.2, 0.25) is 0 Å². The van der Waals surface area contributed by atoms with E-state index in [1.165, 1.54) is 22.7 Å². The van der Waals surface area contributed by atoms with E-state index in [9.17, 15) is 10.0 Å². The number of hydrogen-bond acceptors (Lipinski definition) is 8. The first-order valence-corrected chi connectivity index (χ1v) is 8.88. The number of aryl methyl sites for hydroxylation is 2. The van der Waals surface area contributed by atoms with E-state index in [-0.39, 0.29) is 19.1 Å². The molecule has 2 atom stereocenters. The molecule has 0 amide bonds. The van der Waals surface area contributed by atoms with Gasteiger partial charge in [0.1, 0.15) is 11.7 Å². The fraction of sp³-hybridized carbons (Fsp3) is 0.500. The molecule has 2 aromatic rings. The second-order valence-corrected chi connectivity index (χ2v) is 7.89. The van der Waals surface area contributed by atoms with Crippen LogP contribution < -0.4 is 4.65 Å². The van der Waals surface area contributed by atoms with Gasteiger partial charge < -0.3 is 9.94 Å². The summed E-state index contributed by atoms with van der Waals surface area (Å²) in [5.41, 5.74) is 1.07. The lowest BCUT2D eigenvalue weighted by molar-refractivity contribution is -0.152. The fourth-order valence-corrected chi connectivity index (χ4v) is 4.21. The second-order valence-electron chi connectivity index (χ2n) is 5.73. The Morgan fingerprint density at radius 2 is 2.30 bits per heavy atom. The van der Waals surface area contributed by atoms with Gasteiger partial charge in [-0.05, 0) is 49.2 Å². The summed E-state index contributed by atoms with van der Waals surface area (Å²) in [4.78, 5) is 15.0. The van der Waals surface area contributed by atoms with Gasteiger partial charge in [-0.3, -0.25) is 9.44 Å². The fourth-order valence-electron chi connectivity index (χ4n) is 2.56. The summed E-state index contributed by atoms with van der Waals surface area (Å²) in [6.45, 7) is 4.34. The predicted octanol–water partition coefficient (Wildman–Crippen LogP) is 2.04. The molecular weight excluding hydrogens is 336 g/mol. The van der Waals surface area contributed by atoms with Crippen molar-refractivity contribution in [1.82, 2.24) is 19.7 Å². The van der Waals surface area contributed by atoms with E-state index < -0.39 is 10.9 Å². The summed E-state index contributed by atoms with van der Waals surface area (Å²) in [5.74, 6) is -0.379. The van der Waals surface area contributed by atoms with E-state index in [0.29, 0.717) is 11.7 Å². The number of rotatable bonds is 4. The van der Waals surface area contributed by atoms with Crippen molar-refractivity contribution in [2.24, 2.45) is 0 Å². The minimum absolute atomic E-state index is 0.193. The van der Waals surface area contributed by atoms with Gasteiger partial charge in [-0.25, -0.2) is 4.90 Å². The van der Waals surface area contributed by atoms with Crippen molar-refractivity contribution < 1.29 is 9.53 Å². The van der Waals surface area contributed by atoms with Gasteiger partial charge in [0, 0.05) is 4.88 Å². The highest BCUT2D eigenvalue weighted by atomic mass is 32.1. The molecule has 7 nitrogen and oxygen atoms in total. The first-order valence-electron chi connectivity index (χ1n) is 7.19. The maximum Gasteiger partial charge on any atom is 0.315 e. The molecule has 1 saturated heterocycles. The van der Waals surface area contributed by atoms with Gasteiger partial charge in [-0.2, -0.15) is 0 Å². The van der Waals surface area contributed by atoms with E-state index in [4.69, 9.17) is 4.74 Å². The van der Waals surface area contributed by atoms with Crippen molar-refractivity contribution in [2.45, 2.75) is 26.5 Å². The van der Waals surface area contributed by atoms with Gasteiger partial charge in [0.25, 0.3) is 6.23 Å². The molecule has 0 aromatic carbocycles. The van der Waals surface area contributed by atoms with Crippen LogP contribution in [0.1, 0.15) is 15.4 Å². The van der Waals surface area contributed by atoms with Crippen molar-refractivity contribution in [3.8, 4) is 0 Å². The minimum atomic E-state index is -0.805. The standard InChI is InChI=1S/C14H18N4O3S2/c1-9-4-5-22-11(9)6-13(19)21-12-7-17(3)8-18(12,20)14-16-15-10(2)23-14/h4-5,12H,6-8H2,1-3H3. The van der Waals surface area contributed by atoms with Crippen LogP contribution in [0.3, 0.4) is 0 Å². The molecule has 2 aromatic heterocycles. The number of nitrogens with zero attached hydrogens (tertiary/aromatic N) is 4. The highest BCUT2D eigenvalue weighted by molar-refractivity contribution is 7.15. The Morgan fingerprint density at radius 3 is 2.91 bits per heavy atom. The molecule has 0 bridgehead atoms. The van der Waals surface area contributed by atoms with Crippen LogP contribution in [-0.2, 0) is 16.0 Å². The van der Waals surface area contributed by atoms with Crippen molar-refractivity contribution in [3.63, 3.8) is 0 Å². The van der Waals surface area contributed by atoms with E-state index >= 15 is 0 Å². The molecule has 0 N–H and O–H groups in total. The quantitative estimate of drug-likeness (QED) is 0.475. The van der Waals surface area contributed by atoms with Crippen LogP contribution in [0, 0.1) is 19.1 Å². The highest BCUT2D eigenvalue weighted by Crippen LogP contribution is 2.33. The average molecular weight is 354 g/mol. The van der Waals surface area contributed by atoms with Gasteiger partial charge in [0.05, 0.1) is 13.0 Å². The van der Waals surface area contributed by atoms with Crippen LogP contribution in [-0.4, -0.2) is 47.6 Å². The topological polar surface area (TPSA) is 78.4 Å². The number of aromatic nitrogens is 2. The monoisotopic (exact) mass is 354 g/mol. The van der Waals surface area contributed by atoms with E-state index in [0.717, 1.165) is 15.4 Å². The SMILES string of the molecule is Cc1nnc([N+]2([O-])CN(C)CC2OC(=O)Cc2sccc2C)s1. The molecule has 3 heterocycles. The van der Waals surface area contributed by atoms with E-state index in [2.05, 4.69) is 10.2 Å². The first-order chi connectivity index (χ1) is 10.9. The molecule has 0 aliphatic carbocycles. The van der Waals surface area contributed by atoms with E-state index in [1.54, 1.807) is 6.92 Å². The maximum absolute atomic E-state index is 13.2. The van der Waals surface area contributed by atoms with Crippen molar-refractivity contribution in [3.05, 3.63) is 32.1 Å². The number of hydroxylamine groups is 2. The number of quaternary nitrogens is 1. The molecule has 23 heavy (non-hydrogen) atoms. The second kappa shape index (κ2) is 6.25. The Balaban J connectivity index is 1.75. The van der Waals surface area contributed by atoms with Crippen LogP contribution >= 0.6 is 22.7 Å². The number of esters is 1. The van der Waals surface area contributed by atoms with Gasteiger partial charge in [-0.15, -0.1) is 16.4 Å². The van der Waals surface area contributed by atoms with Crippen LogP contribution in [0.15, 0.2) is 11.4 Å². The smallest absolute Gasteiger partial charge is 0.315 e. The number of thiophene rings is 1. The summed E-state index contributed by atoms with van der Waals surface area (Å²) in [5, 5.41) is 24.1. The Labute approximate surface area is 142 Å². The lowest BCUT2D eigenvalue weighted by Crippen LogP contribution is -2.51. The molecule has 0 radical (unpaired) electrons. The Morgan fingerprint density at radius 1 is 1.52 bits per heavy atom. The lowest BCUT2D eigenvalue weighted by Gasteiger charge is -2.38. The van der Waals surface area contributed by atoms with Crippen LogP contribution in [0.25, 0.3) is 0 Å². The Kier molecular flexibility index (Phi) is 4.47. The zero-order chi connectivity index (χ0) is 16.6. The van der Waals surface area contributed by atoms with Crippen molar-refractivity contribution in [1.29, 1.82) is 0 Å². The molecule has 1 aliphatic rings. The molecule has 3 rings (SSSR count).